The van der Waals surface area contributed by atoms with Crippen molar-refractivity contribution in [2.24, 2.45) is 0 Å². The van der Waals surface area contributed by atoms with Crippen LogP contribution < -0.4 is 0 Å². The van der Waals surface area contributed by atoms with Crippen LogP contribution in [0.5, 0.6) is 0 Å². The maximum absolute atomic E-state index is 13.1. The Morgan fingerprint density at radius 3 is 2.09 bits per heavy atom. The molecular weight excluding hydrogens is 333 g/mol. The number of carboxylic acids is 1. The van der Waals surface area contributed by atoms with Crippen LogP contribution in [0, 0.1) is 11.6 Å². The molecule has 0 aliphatic rings. The number of halogens is 6. The van der Waals surface area contributed by atoms with Crippen LogP contribution in [0.2, 0.25) is 5.15 Å². The first kappa shape index (κ1) is 16.2. The van der Waals surface area contributed by atoms with Crippen molar-refractivity contribution < 1.29 is 31.9 Å². The Morgan fingerprint density at radius 1 is 1.09 bits per heavy atom. The number of aromatic nitrogens is 1. The predicted octanol–water partition coefficient (Wildman–Crippen LogP) is 4.40. The second-order valence-corrected chi connectivity index (χ2v) is 4.54. The molecule has 3 nitrogen and oxygen atoms in total. The molecule has 0 radical (unpaired) electrons. The van der Waals surface area contributed by atoms with Gasteiger partial charge in [-0.1, -0.05) is 11.6 Å². The molecule has 9 heteroatoms. The van der Waals surface area contributed by atoms with E-state index in [9.17, 15) is 26.7 Å². The van der Waals surface area contributed by atoms with Crippen molar-refractivity contribution in [2.45, 2.75) is 6.18 Å². The molecule has 2 aromatic rings. The van der Waals surface area contributed by atoms with Crippen LogP contribution in [0.3, 0.4) is 0 Å². The molecule has 116 valence electrons. The highest BCUT2D eigenvalue weighted by Gasteiger charge is 2.38. The number of carboxylic acid groups (broad SMARTS) is 1. The molecule has 22 heavy (non-hydrogen) atoms. The number of aromatic carboxylic acids is 1. The molecular formula is C13H5ClF5NO2. The second-order valence-electron chi connectivity index (χ2n) is 4.18. The normalized spacial score (nSPS) is 11.5. The van der Waals surface area contributed by atoms with E-state index in [1.165, 1.54) is 0 Å². The summed E-state index contributed by atoms with van der Waals surface area (Å²) < 4.78 is 65.1. The lowest BCUT2D eigenvalue weighted by Crippen LogP contribution is -2.15. The third-order valence-electron chi connectivity index (χ3n) is 2.65. The summed E-state index contributed by atoms with van der Waals surface area (Å²) in [7, 11) is 0. The molecule has 0 saturated carbocycles. The van der Waals surface area contributed by atoms with E-state index in [2.05, 4.69) is 4.98 Å². The van der Waals surface area contributed by atoms with Crippen LogP contribution in [0.15, 0.2) is 24.3 Å². The molecule has 1 aromatic carbocycles. The number of rotatable bonds is 2. The Hall–Kier alpha value is -2.22. The van der Waals surface area contributed by atoms with Gasteiger partial charge >= 0.3 is 12.1 Å². The smallest absolute Gasteiger partial charge is 0.417 e. The molecule has 0 atom stereocenters. The molecule has 0 saturated heterocycles. The summed E-state index contributed by atoms with van der Waals surface area (Å²) in [5.74, 6) is -3.96. The summed E-state index contributed by atoms with van der Waals surface area (Å²) in [4.78, 5) is 14.4. The first-order chi connectivity index (χ1) is 10.1. The summed E-state index contributed by atoms with van der Waals surface area (Å²) in [5, 5.41) is 7.89. The van der Waals surface area contributed by atoms with Gasteiger partial charge in [-0.25, -0.2) is 18.6 Å². The molecule has 0 bridgehead atoms. The maximum Gasteiger partial charge on any atom is 0.417 e. The topological polar surface area (TPSA) is 50.2 Å². The Labute approximate surface area is 125 Å². The fraction of sp³-hybridized carbons (Fsp3) is 0.0769. The first-order valence-corrected chi connectivity index (χ1v) is 5.95. The molecule has 0 spiro atoms. The third-order valence-corrected chi connectivity index (χ3v) is 2.93. The van der Waals surface area contributed by atoms with Crippen molar-refractivity contribution in [3.8, 4) is 11.3 Å². The van der Waals surface area contributed by atoms with Crippen LogP contribution in [0.1, 0.15) is 15.9 Å². The Kier molecular flexibility index (Phi) is 4.06. The van der Waals surface area contributed by atoms with E-state index in [-0.39, 0.29) is 5.56 Å². The first-order valence-electron chi connectivity index (χ1n) is 5.57. The van der Waals surface area contributed by atoms with Gasteiger partial charge < -0.3 is 5.11 Å². The second kappa shape index (κ2) is 5.53. The van der Waals surface area contributed by atoms with Crippen LogP contribution >= 0.6 is 11.6 Å². The van der Waals surface area contributed by atoms with Gasteiger partial charge in [-0.05, 0) is 18.2 Å². The number of hydrogen-bond donors (Lipinski definition) is 1. The van der Waals surface area contributed by atoms with Gasteiger partial charge in [-0.15, -0.1) is 0 Å². The highest BCUT2D eigenvalue weighted by Crippen LogP contribution is 2.37. The van der Waals surface area contributed by atoms with Crippen LogP contribution in [-0.2, 0) is 6.18 Å². The average molecular weight is 338 g/mol. The van der Waals surface area contributed by atoms with Gasteiger partial charge in [0.25, 0.3) is 0 Å². The number of alkyl halides is 3. The van der Waals surface area contributed by atoms with E-state index < -0.39 is 45.8 Å². The lowest BCUT2D eigenvalue weighted by Gasteiger charge is -2.13. The van der Waals surface area contributed by atoms with Crippen molar-refractivity contribution in [3.05, 3.63) is 52.2 Å². The summed E-state index contributed by atoms with van der Waals surface area (Å²) in [5.41, 5.74) is -3.59. The van der Waals surface area contributed by atoms with E-state index in [1.54, 1.807) is 0 Å². The van der Waals surface area contributed by atoms with E-state index in [1.807, 2.05) is 0 Å². The van der Waals surface area contributed by atoms with Crippen LogP contribution in [-0.4, -0.2) is 16.1 Å². The van der Waals surface area contributed by atoms with Crippen molar-refractivity contribution in [3.63, 3.8) is 0 Å². The quantitative estimate of drug-likeness (QED) is 0.653. The van der Waals surface area contributed by atoms with Gasteiger partial charge in [0.15, 0.2) is 0 Å². The number of benzene rings is 1. The average Bonchev–Trinajstić information content (AvgIpc) is 2.34. The minimum absolute atomic E-state index is 0.304. The highest BCUT2D eigenvalue weighted by molar-refractivity contribution is 6.32. The van der Waals surface area contributed by atoms with Crippen LogP contribution in [0.25, 0.3) is 11.3 Å². The SMILES string of the molecule is O=C(O)c1c(C(F)(F)F)cc(-c2cc(F)cc(F)c2)nc1Cl. The summed E-state index contributed by atoms with van der Waals surface area (Å²) in [6.07, 6.45) is -5.03. The molecule has 0 aliphatic carbocycles. The van der Waals surface area contributed by atoms with Crippen molar-refractivity contribution in [1.29, 1.82) is 0 Å². The van der Waals surface area contributed by atoms with Crippen LogP contribution in [0.4, 0.5) is 22.0 Å². The monoisotopic (exact) mass is 337 g/mol. The Morgan fingerprint density at radius 2 is 1.64 bits per heavy atom. The predicted molar refractivity (Wildman–Crippen MR) is 66.6 cm³/mol. The lowest BCUT2D eigenvalue weighted by atomic mass is 10.0. The van der Waals surface area contributed by atoms with Gasteiger partial charge in [0, 0.05) is 11.6 Å². The van der Waals surface area contributed by atoms with E-state index in [4.69, 9.17) is 16.7 Å². The van der Waals surface area contributed by atoms with E-state index in [0.717, 1.165) is 12.1 Å². The molecule has 0 aliphatic heterocycles. The zero-order valence-corrected chi connectivity index (χ0v) is 11.1. The number of hydrogen-bond acceptors (Lipinski definition) is 2. The zero-order chi connectivity index (χ0) is 16.7. The molecule has 0 unspecified atom stereocenters. The largest absolute Gasteiger partial charge is 0.478 e. The number of nitrogens with zero attached hydrogens (tertiary/aromatic N) is 1. The van der Waals surface area contributed by atoms with E-state index >= 15 is 0 Å². The van der Waals surface area contributed by atoms with Gasteiger partial charge in [-0.2, -0.15) is 13.2 Å². The van der Waals surface area contributed by atoms with Gasteiger partial charge in [0.05, 0.1) is 11.3 Å². The molecule has 1 heterocycles. The minimum atomic E-state index is -5.03. The summed E-state index contributed by atoms with van der Waals surface area (Å²) >= 11 is 5.49. The van der Waals surface area contributed by atoms with Gasteiger partial charge in [0.2, 0.25) is 0 Å². The maximum atomic E-state index is 13.1. The van der Waals surface area contributed by atoms with Crippen molar-refractivity contribution in [1.82, 2.24) is 4.98 Å². The van der Waals surface area contributed by atoms with Gasteiger partial charge in [-0.3, -0.25) is 0 Å². The Bertz CT molecular complexity index is 741. The fourth-order valence-electron chi connectivity index (χ4n) is 1.79. The lowest BCUT2D eigenvalue weighted by molar-refractivity contribution is -0.138. The zero-order valence-electron chi connectivity index (χ0n) is 10.4. The van der Waals surface area contributed by atoms with Crippen molar-refractivity contribution >= 4 is 17.6 Å². The third kappa shape index (κ3) is 3.16. The highest BCUT2D eigenvalue weighted by atomic mass is 35.5. The summed E-state index contributed by atoms with van der Waals surface area (Å²) in [6, 6.07) is 2.41. The Balaban J connectivity index is 2.74. The van der Waals surface area contributed by atoms with Gasteiger partial charge in [0.1, 0.15) is 22.4 Å². The minimum Gasteiger partial charge on any atom is -0.478 e. The molecule has 0 fully saturated rings. The molecule has 1 N–H and O–H groups in total. The number of carbonyl (C=O) groups is 1. The van der Waals surface area contributed by atoms with E-state index in [0.29, 0.717) is 12.1 Å². The fourth-order valence-corrected chi connectivity index (χ4v) is 2.06. The summed E-state index contributed by atoms with van der Waals surface area (Å²) in [6.45, 7) is 0. The standard InChI is InChI=1S/C13H5ClF5NO2/c14-11-10(12(21)22)8(13(17,18)19)4-9(20-11)5-1-6(15)3-7(16)2-5/h1-4H,(H,21,22). The molecule has 2 rings (SSSR count). The van der Waals surface area contributed by atoms with Crippen molar-refractivity contribution in [2.75, 3.05) is 0 Å². The number of pyridine rings is 1. The molecule has 1 aromatic heterocycles. The molecule has 0 amide bonds.